The Labute approximate surface area is 140 Å². The molecule has 0 aliphatic carbocycles. The number of hydrogen-bond acceptors (Lipinski definition) is 6. The highest BCUT2D eigenvalue weighted by molar-refractivity contribution is 7.91. The van der Waals surface area contributed by atoms with E-state index in [4.69, 9.17) is 26.8 Å². The largest absolute Gasteiger partial charge is 0.491 e. The lowest BCUT2D eigenvalue weighted by Gasteiger charge is -2.19. The Bertz CT molecular complexity index is 680. The van der Waals surface area contributed by atoms with E-state index >= 15 is 0 Å². The molecule has 1 heterocycles. The molecule has 3 N–H and O–H groups in total. The highest BCUT2D eigenvalue weighted by Gasteiger charge is 2.39. The Balaban J connectivity index is 2.18. The minimum atomic E-state index is -3.23. The van der Waals surface area contributed by atoms with E-state index in [0.29, 0.717) is 17.3 Å². The van der Waals surface area contributed by atoms with Crippen LogP contribution in [0.3, 0.4) is 0 Å². The van der Waals surface area contributed by atoms with Gasteiger partial charge in [0.25, 0.3) is 5.91 Å². The average Bonchev–Trinajstić information content (AvgIpc) is 2.79. The smallest absolute Gasteiger partial charge is 0.255 e. The van der Waals surface area contributed by atoms with E-state index in [1.807, 2.05) is 0 Å². The second-order valence-electron chi connectivity index (χ2n) is 5.21. The summed E-state index contributed by atoms with van der Waals surface area (Å²) in [5.41, 5.74) is 5.62. The number of sulfone groups is 1. The van der Waals surface area contributed by atoms with Gasteiger partial charge in [0.05, 0.1) is 29.2 Å². The van der Waals surface area contributed by atoms with Crippen molar-refractivity contribution in [2.45, 2.75) is 12.1 Å². The normalized spacial score (nSPS) is 22.7. The molecule has 2 atom stereocenters. The molecule has 23 heavy (non-hydrogen) atoms. The van der Waals surface area contributed by atoms with Crippen molar-refractivity contribution in [2.24, 2.45) is 5.73 Å². The number of benzene rings is 1. The molecular weight excluding hydrogens is 344 g/mol. The summed E-state index contributed by atoms with van der Waals surface area (Å²) in [7, 11) is -1.81. The zero-order valence-corrected chi connectivity index (χ0v) is 14.2. The van der Waals surface area contributed by atoms with Crippen molar-refractivity contribution in [1.29, 1.82) is 0 Å². The highest BCUT2D eigenvalue weighted by Crippen LogP contribution is 2.24. The SMILES string of the molecule is CO[C@@H]1CS(=O)(=O)C[C@H]1NC(=O)c1cc(Cl)ccc1OCCN. The van der Waals surface area contributed by atoms with Gasteiger partial charge in [-0.15, -0.1) is 0 Å². The maximum atomic E-state index is 12.5. The van der Waals surface area contributed by atoms with Crippen LogP contribution in [0.1, 0.15) is 10.4 Å². The summed E-state index contributed by atoms with van der Waals surface area (Å²) < 4.78 is 34.0. The van der Waals surface area contributed by atoms with Crippen LogP contribution in [0.15, 0.2) is 18.2 Å². The zero-order chi connectivity index (χ0) is 17.0. The second kappa shape index (κ2) is 7.48. The van der Waals surface area contributed by atoms with Gasteiger partial charge in [-0.3, -0.25) is 4.79 Å². The molecule has 128 valence electrons. The number of hydrogen-bond donors (Lipinski definition) is 2. The number of halogens is 1. The molecule has 0 bridgehead atoms. The van der Waals surface area contributed by atoms with Gasteiger partial charge >= 0.3 is 0 Å². The molecule has 0 radical (unpaired) electrons. The molecule has 0 aromatic heterocycles. The summed E-state index contributed by atoms with van der Waals surface area (Å²) in [6.07, 6.45) is -0.573. The summed E-state index contributed by atoms with van der Waals surface area (Å²) in [5, 5.41) is 3.06. The zero-order valence-electron chi connectivity index (χ0n) is 12.6. The fraction of sp³-hybridized carbons (Fsp3) is 0.500. The van der Waals surface area contributed by atoms with Crippen LogP contribution >= 0.6 is 11.6 Å². The van der Waals surface area contributed by atoms with Crippen LogP contribution in [-0.2, 0) is 14.6 Å². The monoisotopic (exact) mass is 362 g/mol. The quantitative estimate of drug-likeness (QED) is 0.749. The van der Waals surface area contributed by atoms with Gasteiger partial charge in [0.1, 0.15) is 12.4 Å². The van der Waals surface area contributed by atoms with Crippen molar-refractivity contribution < 1.29 is 22.7 Å². The third-order valence-corrected chi connectivity index (χ3v) is 5.42. The number of carbonyl (C=O) groups excluding carboxylic acids is 1. The molecule has 1 aliphatic rings. The summed E-state index contributed by atoms with van der Waals surface area (Å²) in [5.74, 6) is -0.395. The van der Waals surface area contributed by atoms with Crippen LogP contribution < -0.4 is 15.8 Å². The molecule has 1 aromatic carbocycles. The number of carbonyl (C=O) groups is 1. The summed E-state index contributed by atoms with van der Waals surface area (Å²) in [6, 6.07) is 4.03. The predicted octanol–water partition coefficient (Wildman–Crippen LogP) is 0.219. The Morgan fingerprint density at radius 3 is 2.83 bits per heavy atom. The number of nitrogens with one attached hydrogen (secondary N) is 1. The van der Waals surface area contributed by atoms with E-state index in [0.717, 1.165) is 0 Å². The molecule has 9 heteroatoms. The number of methoxy groups -OCH3 is 1. The van der Waals surface area contributed by atoms with Crippen molar-refractivity contribution in [1.82, 2.24) is 5.32 Å². The summed E-state index contributed by atoms with van der Waals surface area (Å²) in [6.45, 7) is 0.552. The van der Waals surface area contributed by atoms with Crippen LogP contribution in [-0.4, -0.2) is 58.2 Å². The number of nitrogens with two attached hydrogens (primary N) is 1. The fourth-order valence-electron chi connectivity index (χ4n) is 2.40. The molecule has 1 amide bonds. The molecule has 7 nitrogen and oxygen atoms in total. The van der Waals surface area contributed by atoms with E-state index in [9.17, 15) is 13.2 Å². The maximum absolute atomic E-state index is 12.5. The number of ether oxygens (including phenoxy) is 2. The summed E-state index contributed by atoms with van der Waals surface area (Å²) >= 11 is 5.93. The third-order valence-electron chi connectivity index (χ3n) is 3.48. The van der Waals surface area contributed by atoms with Gasteiger partial charge < -0.3 is 20.5 Å². The Hall–Kier alpha value is -1.35. The van der Waals surface area contributed by atoms with Crippen LogP contribution in [0.4, 0.5) is 0 Å². The van der Waals surface area contributed by atoms with E-state index in [1.54, 1.807) is 12.1 Å². The van der Waals surface area contributed by atoms with Crippen molar-refractivity contribution in [3.63, 3.8) is 0 Å². The maximum Gasteiger partial charge on any atom is 0.255 e. The number of amides is 1. The first-order valence-corrected chi connectivity index (χ1v) is 9.22. The van der Waals surface area contributed by atoms with Gasteiger partial charge in [-0.2, -0.15) is 0 Å². The molecule has 1 aliphatic heterocycles. The minimum absolute atomic E-state index is 0.111. The van der Waals surface area contributed by atoms with Crippen molar-refractivity contribution in [2.75, 3.05) is 31.8 Å². The molecule has 1 aromatic rings. The van der Waals surface area contributed by atoms with Crippen LogP contribution in [0.5, 0.6) is 5.75 Å². The highest BCUT2D eigenvalue weighted by atomic mass is 35.5. The molecule has 1 saturated heterocycles. The van der Waals surface area contributed by atoms with Gasteiger partial charge in [-0.05, 0) is 18.2 Å². The van der Waals surface area contributed by atoms with Gasteiger partial charge in [0, 0.05) is 18.7 Å². The molecule has 1 fully saturated rings. The van der Waals surface area contributed by atoms with Crippen molar-refractivity contribution in [3.05, 3.63) is 28.8 Å². The van der Waals surface area contributed by atoms with E-state index in [2.05, 4.69) is 5.32 Å². The minimum Gasteiger partial charge on any atom is -0.491 e. The number of rotatable bonds is 6. The van der Waals surface area contributed by atoms with Gasteiger partial charge in [0.2, 0.25) is 0 Å². The van der Waals surface area contributed by atoms with E-state index in [1.165, 1.54) is 13.2 Å². The Morgan fingerprint density at radius 1 is 1.43 bits per heavy atom. The molecule has 0 saturated carbocycles. The standard InChI is InChI=1S/C14H19ClN2O5S/c1-21-13-8-23(19,20)7-11(13)17-14(18)10-6-9(15)2-3-12(10)22-5-4-16/h2-3,6,11,13H,4-5,7-8,16H2,1H3,(H,17,18)/t11-,13-/m1/s1. The van der Waals surface area contributed by atoms with E-state index in [-0.39, 0.29) is 23.7 Å². The Kier molecular flexibility index (Phi) is 5.85. The first-order valence-electron chi connectivity index (χ1n) is 7.03. The average molecular weight is 363 g/mol. The topological polar surface area (TPSA) is 108 Å². The van der Waals surface area contributed by atoms with Crippen LogP contribution in [0.2, 0.25) is 5.02 Å². The van der Waals surface area contributed by atoms with Crippen LogP contribution in [0.25, 0.3) is 0 Å². The second-order valence-corrected chi connectivity index (χ2v) is 7.80. The van der Waals surface area contributed by atoms with Crippen molar-refractivity contribution >= 4 is 27.3 Å². The van der Waals surface area contributed by atoms with Gasteiger partial charge in [0.15, 0.2) is 9.84 Å². The molecule has 0 unspecified atom stereocenters. The lowest BCUT2D eigenvalue weighted by atomic mass is 10.1. The lowest BCUT2D eigenvalue weighted by Crippen LogP contribution is -2.43. The van der Waals surface area contributed by atoms with Crippen LogP contribution in [0, 0.1) is 0 Å². The molecule has 0 spiro atoms. The molecule has 2 rings (SSSR count). The first-order chi connectivity index (χ1) is 10.9. The van der Waals surface area contributed by atoms with E-state index < -0.39 is 27.9 Å². The van der Waals surface area contributed by atoms with Gasteiger partial charge in [-0.25, -0.2) is 8.42 Å². The third kappa shape index (κ3) is 4.57. The predicted molar refractivity (Wildman–Crippen MR) is 86.7 cm³/mol. The lowest BCUT2D eigenvalue weighted by molar-refractivity contribution is 0.0783. The Morgan fingerprint density at radius 2 is 2.17 bits per heavy atom. The van der Waals surface area contributed by atoms with Gasteiger partial charge in [-0.1, -0.05) is 11.6 Å². The van der Waals surface area contributed by atoms with Crippen molar-refractivity contribution in [3.8, 4) is 5.75 Å². The summed E-state index contributed by atoms with van der Waals surface area (Å²) in [4.78, 5) is 12.5. The fourth-order valence-corrected chi connectivity index (χ4v) is 4.43. The molecular formula is C14H19ClN2O5S. The first kappa shape index (κ1) is 18.0.